The van der Waals surface area contributed by atoms with Gasteiger partial charge in [-0.2, -0.15) is 5.10 Å². The topological polar surface area (TPSA) is 68.5 Å². The third-order valence-electron chi connectivity index (χ3n) is 4.39. The highest BCUT2D eigenvalue weighted by atomic mass is 16.5. The summed E-state index contributed by atoms with van der Waals surface area (Å²) >= 11 is 0. The van der Waals surface area contributed by atoms with Crippen LogP contribution in [0.25, 0.3) is 10.9 Å². The van der Waals surface area contributed by atoms with E-state index in [0.717, 1.165) is 11.1 Å². The average molecular weight is 364 g/mol. The van der Waals surface area contributed by atoms with Gasteiger partial charge in [-0.25, -0.2) is 10.4 Å². The first-order chi connectivity index (χ1) is 13.1. The quantitative estimate of drug-likeness (QED) is 0.396. The van der Waals surface area contributed by atoms with Crippen molar-refractivity contribution >= 4 is 23.1 Å². The second kappa shape index (κ2) is 8.60. The number of benzene rings is 2. The first-order valence-corrected chi connectivity index (χ1v) is 8.95. The van der Waals surface area contributed by atoms with Crippen molar-refractivity contribution < 1.29 is 4.74 Å². The van der Waals surface area contributed by atoms with Crippen molar-refractivity contribution in [1.29, 1.82) is 0 Å². The summed E-state index contributed by atoms with van der Waals surface area (Å²) in [7, 11) is 1.65. The summed E-state index contributed by atoms with van der Waals surface area (Å²) in [5, 5.41) is 4.91. The molecule has 0 amide bonds. The van der Waals surface area contributed by atoms with Crippen molar-refractivity contribution in [2.24, 2.45) is 5.10 Å². The van der Waals surface area contributed by atoms with Crippen LogP contribution >= 0.6 is 0 Å². The molecular weight excluding hydrogens is 340 g/mol. The van der Waals surface area contributed by atoms with Gasteiger partial charge >= 0.3 is 0 Å². The minimum Gasteiger partial charge on any atom is -0.385 e. The molecule has 0 atom stereocenters. The molecule has 0 bridgehead atoms. The van der Waals surface area contributed by atoms with E-state index in [9.17, 15) is 4.79 Å². The number of hydrogen-bond acceptors (Lipinski definition) is 5. The molecule has 0 unspecified atom stereocenters. The Morgan fingerprint density at radius 1 is 1.22 bits per heavy atom. The maximum Gasteiger partial charge on any atom is 0.262 e. The van der Waals surface area contributed by atoms with Crippen LogP contribution in [-0.2, 0) is 11.3 Å². The number of rotatable bonds is 7. The lowest BCUT2D eigenvalue weighted by atomic mass is 10.1. The zero-order valence-corrected chi connectivity index (χ0v) is 15.9. The number of ether oxygens (including phenoxy) is 1. The standard InChI is InChI=1S/C21H24N4O2/c1-15-9-10-17(16(2)13-15)14-22-24-21-23-19-8-5-4-7-18(19)20(26)25(21)11-6-12-27-3/h4-5,7-10,13-14H,6,11-12H2,1-3H3,(H,23,24)/b22-14-. The van der Waals surface area contributed by atoms with Crippen LogP contribution in [0, 0.1) is 13.8 Å². The predicted molar refractivity (Wildman–Crippen MR) is 110 cm³/mol. The summed E-state index contributed by atoms with van der Waals surface area (Å²) in [6.07, 6.45) is 2.46. The molecule has 0 aliphatic rings. The van der Waals surface area contributed by atoms with Crippen molar-refractivity contribution in [3.63, 3.8) is 0 Å². The lowest BCUT2D eigenvalue weighted by Crippen LogP contribution is -2.25. The smallest absolute Gasteiger partial charge is 0.262 e. The van der Waals surface area contributed by atoms with Gasteiger partial charge in [-0.1, -0.05) is 35.9 Å². The maximum absolute atomic E-state index is 12.9. The van der Waals surface area contributed by atoms with Gasteiger partial charge < -0.3 is 4.74 Å². The molecule has 1 heterocycles. The van der Waals surface area contributed by atoms with Gasteiger partial charge in [0.15, 0.2) is 0 Å². The first kappa shape index (κ1) is 18.8. The van der Waals surface area contributed by atoms with E-state index in [1.807, 2.05) is 37.3 Å². The number of anilines is 1. The summed E-state index contributed by atoms with van der Waals surface area (Å²) in [6, 6.07) is 13.5. The Labute approximate surface area is 158 Å². The molecule has 1 N–H and O–H groups in total. The van der Waals surface area contributed by atoms with Gasteiger partial charge in [0.1, 0.15) is 0 Å². The van der Waals surface area contributed by atoms with Crippen molar-refractivity contribution in [3.8, 4) is 0 Å². The molecule has 6 heteroatoms. The van der Waals surface area contributed by atoms with E-state index in [2.05, 4.69) is 28.5 Å². The Bertz CT molecular complexity index is 1020. The molecule has 0 saturated carbocycles. The average Bonchev–Trinajstić information content (AvgIpc) is 2.66. The Balaban J connectivity index is 1.92. The predicted octanol–water partition coefficient (Wildman–Crippen LogP) is 3.50. The molecule has 0 spiro atoms. The number of hydrogen-bond donors (Lipinski definition) is 1. The zero-order chi connectivity index (χ0) is 19.2. The fourth-order valence-corrected chi connectivity index (χ4v) is 2.96. The van der Waals surface area contributed by atoms with E-state index in [-0.39, 0.29) is 5.56 Å². The highest BCUT2D eigenvalue weighted by Gasteiger charge is 2.10. The molecule has 2 aromatic carbocycles. The van der Waals surface area contributed by atoms with Gasteiger partial charge in [-0.15, -0.1) is 0 Å². The largest absolute Gasteiger partial charge is 0.385 e. The van der Waals surface area contributed by atoms with Crippen LogP contribution in [0.4, 0.5) is 5.95 Å². The Kier molecular flexibility index (Phi) is 5.98. The lowest BCUT2D eigenvalue weighted by molar-refractivity contribution is 0.190. The molecule has 3 rings (SSSR count). The molecule has 6 nitrogen and oxygen atoms in total. The molecule has 0 saturated heterocycles. The summed E-state index contributed by atoms with van der Waals surface area (Å²) in [6.45, 7) is 5.18. The Hall–Kier alpha value is -2.99. The number of methoxy groups -OCH3 is 1. The Morgan fingerprint density at radius 2 is 2.04 bits per heavy atom. The van der Waals surface area contributed by atoms with Crippen molar-refractivity contribution in [3.05, 3.63) is 69.5 Å². The highest BCUT2D eigenvalue weighted by Crippen LogP contribution is 2.12. The van der Waals surface area contributed by atoms with E-state index >= 15 is 0 Å². The van der Waals surface area contributed by atoms with Gasteiger partial charge in [-0.3, -0.25) is 9.36 Å². The number of aromatic nitrogens is 2. The summed E-state index contributed by atoms with van der Waals surface area (Å²) < 4.78 is 6.72. The van der Waals surface area contributed by atoms with Crippen molar-refractivity contribution in [2.75, 3.05) is 19.1 Å². The first-order valence-electron chi connectivity index (χ1n) is 8.95. The third-order valence-corrected chi connectivity index (χ3v) is 4.39. The fraction of sp³-hybridized carbons (Fsp3) is 0.286. The van der Waals surface area contributed by atoms with Crippen LogP contribution in [0.3, 0.4) is 0 Å². The highest BCUT2D eigenvalue weighted by molar-refractivity contribution is 5.82. The second-order valence-electron chi connectivity index (χ2n) is 6.49. The summed E-state index contributed by atoms with van der Waals surface area (Å²) in [5.41, 5.74) is 6.88. The van der Waals surface area contributed by atoms with Gasteiger partial charge in [-0.05, 0) is 43.5 Å². The number of hydrazone groups is 1. The van der Waals surface area contributed by atoms with Gasteiger partial charge in [0, 0.05) is 20.3 Å². The van der Waals surface area contributed by atoms with E-state index in [0.29, 0.717) is 36.4 Å². The van der Waals surface area contributed by atoms with E-state index in [1.165, 1.54) is 5.56 Å². The number of fused-ring (bicyclic) bond motifs is 1. The molecule has 0 fully saturated rings. The van der Waals surface area contributed by atoms with E-state index in [1.54, 1.807) is 24.0 Å². The number of aryl methyl sites for hydroxylation is 2. The zero-order valence-electron chi connectivity index (χ0n) is 15.9. The second-order valence-corrected chi connectivity index (χ2v) is 6.49. The normalized spacial score (nSPS) is 11.4. The van der Waals surface area contributed by atoms with Crippen LogP contribution in [0.15, 0.2) is 52.4 Å². The minimum absolute atomic E-state index is 0.0825. The lowest BCUT2D eigenvalue weighted by Gasteiger charge is -2.12. The number of para-hydroxylation sites is 1. The monoisotopic (exact) mass is 364 g/mol. The molecular formula is C21H24N4O2. The SMILES string of the molecule is COCCCn1c(N/N=C\c2ccc(C)cc2C)nc2ccccc2c1=O. The molecule has 27 heavy (non-hydrogen) atoms. The van der Waals surface area contributed by atoms with Crippen LogP contribution in [0.1, 0.15) is 23.1 Å². The van der Waals surface area contributed by atoms with E-state index < -0.39 is 0 Å². The van der Waals surface area contributed by atoms with Gasteiger partial charge in [0.2, 0.25) is 5.95 Å². The third kappa shape index (κ3) is 4.41. The number of nitrogens with one attached hydrogen (secondary N) is 1. The molecule has 140 valence electrons. The van der Waals surface area contributed by atoms with Crippen LogP contribution < -0.4 is 11.0 Å². The van der Waals surface area contributed by atoms with Crippen LogP contribution in [0.2, 0.25) is 0 Å². The van der Waals surface area contributed by atoms with E-state index in [4.69, 9.17) is 4.74 Å². The molecule has 1 aromatic heterocycles. The Morgan fingerprint density at radius 3 is 2.81 bits per heavy atom. The molecule has 0 radical (unpaired) electrons. The molecule has 0 aliphatic carbocycles. The van der Waals surface area contributed by atoms with Gasteiger partial charge in [0.05, 0.1) is 17.1 Å². The van der Waals surface area contributed by atoms with Crippen molar-refractivity contribution in [2.45, 2.75) is 26.8 Å². The molecule has 0 aliphatic heterocycles. The fourth-order valence-electron chi connectivity index (χ4n) is 2.96. The van der Waals surface area contributed by atoms with Gasteiger partial charge in [0.25, 0.3) is 5.56 Å². The van der Waals surface area contributed by atoms with Crippen molar-refractivity contribution in [1.82, 2.24) is 9.55 Å². The summed E-state index contributed by atoms with van der Waals surface area (Å²) in [5.74, 6) is 0.427. The van der Waals surface area contributed by atoms with Crippen LogP contribution in [0.5, 0.6) is 0 Å². The maximum atomic E-state index is 12.9. The summed E-state index contributed by atoms with van der Waals surface area (Å²) in [4.78, 5) is 17.4. The number of nitrogens with zero attached hydrogens (tertiary/aromatic N) is 3. The van der Waals surface area contributed by atoms with Crippen LogP contribution in [-0.4, -0.2) is 29.5 Å². The molecule has 3 aromatic rings. The minimum atomic E-state index is -0.0825.